The molecule has 1 saturated heterocycles. The fraction of sp³-hybridized carbons (Fsp3) is 1.00. The number of ether oxygens (including phenoxy) is 1. The topological polar surface area (TPSA) is 89.6 Å². The highest BCUT2D eigenvalue weighted by molar-refractivity contribution is 7.91. The van der Waals surface area contributed by atoms with Gasteiger partial charge in [-0.05, 0) is 20.3 Å². The monoisotopic (exact) mass is 251 g/mol. The van der Waals surface area contributed by atoms with Crippen LogP contribution in [0.1, 0.15) is 20.3 Å². The molecule has 0 aromatic carbocycles. The van der Waals surface area contributed by atoms with Gasteiger partial charge in [-0.25, -0.2) is 8.42 Å². The van der Waals surface area contributed by atoms with Crippen molar-refractivity contribution >= 4 is 9.84 Å². The number of rotatable bonds is 5. The summed E-state index contributed by atoms with van der Waals surface area (Å²) in [5.41, 5.74) is 3.71. The van der Waals surface area contributed by atoms with Gasteiger partial charge in [-0.15, -0.1) is 0 Å². The van der Waals surface area contributed by atoms with Crippen molar-refractivity contribution in [2.75, 3.05) is 31.3 Å². The molecule has 3 N–H and O–H groups in total. The van der Waals surface area contributed by atoms with Crippen molar-refractivity contribution in [3.05, 3.63) is 0 Å². The van der Waals surface area contributed by atoms with Gasteiger partial charge in [0.2, 0.25) is 0 Å². The summed E-state index contributed by atoms with van der Waals surface area (Å²) in [6, 6.07) is 0. The molecule has 5 nitrogen and oxygen atoms in total. The van der Waals surface area contributed by atoms with Crippen LogP contribution in [0.3, 0.4) is 0 Å². The first-order valence-electron chi connectivity index (χ1n) is 5.49. The van der Waals surface area contributed by atoms with Gasteiger partial charge in [0.15, 0.2) is 9.84 Å². The van der Waals surface area contributed by atoms with Gasteiger partial charge < -0.3 is 15.6 Å². The molecule has 0 saturated carbocycles. The van der Waals surface area contributed by atoms with E-state index in [1.165, 1.54) is 0 Å². The summed E-state index contributed by atoms with van der Waals surface area (Å²) in [7, 11) is -3.07. The third-order valence-corrected chi connectivity index (χ3v) is 5.33. The molecule has 1 heterocycles. The molecule has 1 rings (SSSR count). The van der Waals surface area contributed by atoms with E-state index in [1.54, 1.807) is 6.92 Å². The molecule has 0 spiro atoms. The first kappa shape index (κ1) is 13.9. The van der Waals surface area contributed by atoms with E-state index < -0.39 is 20.9 Å². The van der Waals surface area contributed by atoms with Crippen LogP contribution in [0.4, 0.5) is 0 Å². The van der Waals surface area contributed by atoms with Crippen molar-refractivity contribution in [3.8, 4) is 0 Å². The average Bonchev–Trinajstić information content (AvgIpc) is 2.53. The Bertz CT molecular complexity index is 339. The first-order chi connectivity index (χ1) is 7.29. The maximum absolute atomic E-state index is 11.5. The molecule has 1 aliphatic heterocycles. The van der Waals surface area contributed by atoms with Crippen LogP contribution in [-0.2, 0) is 14.6 Å². The third-order valence-electron chi connectivity index (χ3n) is 3.51. The van der Waals surface area contributed by atoms with Crippen LogP contribution in [0.2, 0.25) is 0 Å². The van der Waals surface area contributed by atoms with Gasteiger partial charge in [0.25, 0.3) is 0 Å². The van der Waals surface area contributed by atoms with E-state index in [-0.39, 0.29) is 24.7 Å². The van der Waals surface area contributed by atoms with Crippen LogP contribution in [0.25, 0.3) is 0 Å². The van der Waals surface area contributed by atoms with E-state index in [0.29, 0.717) is 13.0 Å². The third kappa shape index (κ3) is 2.56. The number of sulfone groups is 1. The Morgan fingerprint density at radius 1 is 1.56 bits per heavy atom. The van der Waals surface area contributed by atoms with Gasteiger partial charge in [-0.3, -0.25) is 0 Å². The molecule has 16 heavy (non-hydrogen) atoms. The van der Waals surface area contributed by atoms with Crippen molar-refractivity contribution in [1.29, 1.82) is 0 Å². The molecule has 1 aliphatic rings. The molecule has 2 unspecified atom stereocenters. The minimum atomic E-state index is -3.07. The maximum atomic E-state index is 11.5. The summed E-state index contributed by atoms with van der Waals surface area (Å²) in [6.07, 6.45) is 0.409. The van der Waals surface area contributed by atoms with Gasteiger partial charge in [0, 0.05) is 18.6 Å². The summed E-state index contributed by atoms with van der Waals surface area (Å²) in [6.45, 7) is 4.21. The van der Waals surface area contributed by atoms with Crippen molar-refractivity contribution in [2.45, 2.75) is 25.9 Å². The molecule has 0 bridgehead atoms. The molecule has 0 aromatic heterocycles. The lowest BCUT2D eigenvalue weighted by Gasteiger charge is -2.40. The summed E-state index contributed by atoms with van der Waals surface area (Å²) in [5, 5.41) is 10.4. The number of hydrogen-bond donors (Lipinski definition) is 2. The zero-order valence-electron chi connectivity index (χ0n) is 9.90. The Kier molecular flexibility index (Phi) is 3.99. The normalized spacial score (nSPS) is 32.5. The first-order valence-corrected chi connectivity index (χ1v) is 7.31. The van der Waals surface area contributed by atoms with Gasteiger partial charge in [-0.1, -0.05) is 0 Å². The van der Waals surface area contributed by atoms with Gasteiger partial charge in [0.05, 0.1) is 23.7 Å². The fourth-order valence-electron chi connectivity index (χ4n) is 2.18. The van der Waals surface area contributed by atoms with E-state index >= 15 is 0 Å². The average molecular weight is 251 g/mol. The SMILES string of the molecule is CCOCC(C)(O)C1(CN)CCS(=O)(=O)C1. The summed E-state index contributed by atoms with van der Waals surface area (Å²) >= 11 is 0. The second-order valence-corrected chi connectivity index (χ2v) is 6.92. The molecular weight excluding hydrogens is 230 g/mol. The van der Waals surface area contributed by atoms with E-state index in [1.807, 2.05) is 6.92 Å². The number of nitrogens with two attached hydrogens (primary N) is 1. The minimum absolute atomic E-state index is 0.0451. The quantitative estimate of drug-likeness (QED) is 0.690. The molecule has 0 radical (unpaired) electrons. The van der Waals surface area contributed by atoms with Crippen molar-refractivity contribution in [1.82, 2.24) is 0 Å². The molecule has 1 fully saturated rings. The highest BCUT2D eigenvalue weighted by atomic mass is 32.2. The second kappa shape index (κ2) is 4.60. The summed E-state index contributed by atoms with van der Waals surface area (Å²) in [5.74, 6) is 0.0586. The zero-order valence-corrected chi connectivity index (χ0v) is 10.7. The number of hydrogen-bond acceptors (Lipinski definition) is 5. The Balaban J connectivity index is 2.89. The highest BCUT2D eigenvalue weighted by Crippen LogP contribution is 2.41. The van der Waals surface area contributed by atoms with Gasteiger partial charge in [0.1, 0.15) is 0 Å². The minimum Gasteiger partial charge on any atom is -0.387 e. The molecule has 0 amide bonds. The van der Waals surface area contributed by atoms with E-state index in [9.17, 15) is 13.5 Å². The van der Waals surface area contributed by atoms with Crippen molar-refractivity contribution in [2.24, 2.45) is 11.1 Å². The Morgan fingerprint density at radius 3 is 2.56 bits per heavy atom. The summed E-state index contributed by atoms with van der Waals surface area (Å²) in [4.78, 5) is 0. The van der Waals surface area contributed by atoms with Crippen LogP contribution in [0, 0.1) is 5.41 Å². The lowest BCUT2D eigenvalue weighted by molar-refractivity contribution is -0.106. The number of aliphatic hydroxyl groups is 1. The predicted octanol–water partition coefficient (Wildman–Crippen LogP) is -0.462. The second-order valence-electron chi connectivity index (χ2n) is 4.74. The maximum Gasteiger partial charge on any atom is 0.151 e. The van der Waals surface area contributed by atoms with Gasteiger partial charge in [-0.2, -0.15) is 0 Å². The highest BCUT2D eigenvalue weighted by Gasteiger charge is 2.53. The molecule has 96 valence electrons. The van der Waals surface area contributed by atoms with E-state index in [4.69, 9.17) is 10.5 Å². The molecule has 2 atom stereocenters. The van der Waals surface area contributed by atoms with Crippen LogP contribution in [0.15, 0.2) is 0 Å². The van der Waals surface area contributed by atoms with Crippen LogP contribution in [0.5, 0.6) is 0 Å². The Labute approximate surface area is 96.9 Å². The van der Waals surface area contributed by atoms with Crippen LogP contribution in [-0.4, -0.2) is 50.4 Å². The lowest BCUT2D eigenvalue weighted by atomic mass is 9.72. The van der Waals surface area contributed by atoms with Crippen LogP contribution >= 0.6 is 0 Å². The van der Waals surface area contributed by atoms with Crippen LogP contribution < -0.4 is 5.73 Å². The van der Waals surface area contributed by atoms with Gasteiger partial charge >= 0.3 is 0 Å². The van der Waals surface area contributed by atoms with E-state index in [2.05, 4.69) is 0 Å². The molecule has 6 heteroatoms. The summed E-state index contributed by atoms with van der Waals surface area (Å²) < 4.78 is 28.2. The smallest absolute Gasteiger partial charge is 0.151 e. The van der Waals surface area contributed by atoms with Crippen molar-refractivity contribution in [3.63, 3.8) is 0 Å². The van der Waals surface area contributed by atoms with E-state index in [0.717, 1.165) is 0 Å². The lowest BCUT2D eigenvalue weighted by Crippen LogP contribution is -2.54. The fourth-order valence-corrected chi connectivity index (χ4v) is 4.44. The standard InChI is InChI=1S/C10H21NO4S/c1-3-15-7-9(2,12)10(6-11)4-5-16(13,14)8-10/h12H,3-8,11H2,1-2H3. The largest absolute Gasteiger partial charge is 0.387 e. The van der Waals surface area contributed by atoms with Crippen molar-refractivity contribution < 1.29 is 18.3 Å². The predicted molar refractivity (Wildman–Crippen MR) is 61.9 cm³/mol. The Morgan fingerprint density at radius 2 is 2.19 bits per heavy atom. The molecule has 0 aliphatic carbocycles. The molecule has 0 aromatic rings. The molecular formula is C10H21NO4S. The zero-order chi connectivity index (χ0) is 12.4. The Hall–Kier alpha value is -0.170.